The molecule has 0 saturated heterocycles. The maximum Gasteiger partial charge on any atom is 0.123 e. The van der Waals surface area contributed by atoms with E-state index in [1.54, 1.807) is 11.8 Å². The number of hydrogen-bond acceptors (Lipinski definition) is 2. The second kappa shape index (κ2) is 6.03. The minimum atomic E-state index is -0.307. The molecule has 0 aromatic heterocycles. The van der Waals surface area contributed by atoms with Gasteiger partial charge in [0.05, 0.1) is 11.6 Å². The standard InChI is InChI=1S/C14H9BrFNS/c15-12-2-1-3-14(7-12)18-9-11-6-13(16)5-4-10(11)8-17/h1-7H,9H2. The topological polar surface area (TPSA) is 23.8 Å². The summed E-state index contributed by atoms with van der Waals surface area (Å²) < 4.78 is 14.2. The highest BCUT2D eigenvalue weighted by Gasteiger charge is 2.05. The monoisotopic (exact) mass is 321 g/mol. The summed E-state index contributed by atoms with van der Waals surface area (Å²) >= 11 is 4.98. The summed E-state index contributed by atoms with van der Waals surface area (Å²) in [6, 6.07) is 14.2. The van der Waals surface area contributed by atoms with E-state index in [-0.39, 0.29) is 5.82 Å². The molecule has 1 nitrogen and oxygen atoms in total. The van der Waals surface area contributed by atoms with Crippen molar-refractivity contribution in [3.63, 3.8) is 0 Å². The van der Waals surface area contributed by atoms with Crippen molar-refractivity contribution in [3.8, 4) is 6.07 Å². The Kier molecular flexibility index (Phi) is 4.40. The first-order chi connectivity index (χ1) is 8.69. The molecule has 0 saturated carbocycles. The highest BCUT2D eigenvalue weighted by atomic mass is 79.9. The summed E-state index contributed by atoms with van der Waals surface area (Å²) in [6.07, 6.45) is 0. The van der Waals surface area contributed by atoms with Crippen molar-refractivity contribution in [2.24, 2.45) is 0 Å². The van der Waals surface area contributed by atoms with E-state index in [1.165, 1.54) is 18.2 Å². The van der Waals surface area contributed by atoms with Gasteiger partial charge in [-0.1, -0.05) is 22.0 Å². The van der Waals surface area contributed by atoms with Gasteiger partial charge in [-0.3, -0.25) is 0 Å². The summed E-state index contributed by atoms with van der Waals surface area (Å²) in [6.45, 7) is 0. The van der Waals surface area contributed by atoms with Crippen LogP contribution in [-0.2, 0) is 5.75 Å². The molecule has 18 heavy (non-hydrogen) atoms. The van der Waals surface area contributed by atoms with Gasteiger partial charge in [-0.05, 0) is 42.0 Å². The van der Waals surface area contributed by atoms with Gasteiger partial charge in [-0.2, -0.15) is 5.26 Å². The summed E-state index contributed by atoms with van der Waals surface area (Å²) in [7, 11) is 0. The van der Waals surface area contributed by atoms with Gasteiger partial charge in [0, 0.05) is 15.1 Å². The van der Waals surface area contributed by atoms with Crippen molar-refractivity contribution in [3.05, 3.63) is 63.9 Å². The third-order valence-electron chi connectivity index (χ3n) is 2.38. The zero-order chi connectivity index (χ0) is 13.0. The summed E-state index contributed by atoms with van der Waals surface area (Å²) in [4.78, 5) is 1.08. The molecule has 0 heterocycles. The predicted molar refractivity (Wildman–Crippen MR) is 74.8 cm³/mol. The van der Waals surface area contributed by atoms with Gasteiger partial charge >= 0.3 is 0 Å². The average Bonchev–Trinajstić information content (AvgIpc) is 2.37. The Bertz CT molecular complexity index is 607. The Morgan fingerprint density at radius 2 is 2.06 bits per heavy atom. The average molecular weight is 322 g/mol. The largest absolute Gasteiger partial charge is 0.207 e. The Morgan fingerprint density at radius 1 is 1.22 bits per heavy atom. The Morgan fingerprint density at radius 3 is 2.78 bits per heavy atom. The zero-order valence-electron chi connectivity index (χ0n) is 9.36. The van der Waals surface area contributed by atoms with Crippen molar-refractivity contribution in [1.82, 2.24) is 0 Å². The smallest absolute Gasteiger partial charge is 0.123 e. The Labute approximate surface area is 118 Å². The maximum atomic E-state index is 13.1. The fourth-order valence-electron chi connectivity index (χ4n) is 1.51. The van der Waals surface area contributed by atoms with Crippen LogP contribution in [0.25, 0.3) is 0 Å². The first kappa shape index (κ1) is 13.1. The molecule has 2 rings (SSSR count). The molecule has 0 bridgehead atoms. The van der Waals surface area contributed by atoms with Crippen LogP contribution in [0.15, 0.2) is 51.8 Å². The van der Waals surface area contributed by atoms with Gasteiger partial charge in [0.25, 0.3) is 0 Å². The van der Waals surface area contributed by atoms with Crippen LogP contribution in [0.5, 0.6) is 0 Å². The van der Waals surface area contributed by atoms with E-state index >= 15 is 0 Å². The van der Waals surface area contributed by atoms with Crippen LogP contribution in [-0.4, -0.2) is 0 Å². The molecule has 0 atom stereocenters. The molecule has 0 N–H and O–H groups in total. The number of rotatable bonds is 3. The maximum absolute atomic E-state index is 13.1. The second-order valence-corrected chi connectivity index (χ2v) is 5.62. The van der Waals surface area contributed by atoms with Gasteiger partial charge in [0.2, 0.25) is 0 Å². The van der Waals surface area contributed by atoms with E-state index in [0.717, 1.165) is 14.9 Å². The molecular weight excluding hydrogens is 313 g/mol. The second-order valence-electron chi connectivity index (χ2n) is 3.66. The molecular formula is C14H9BrFNS. The van der Waals surface area contributed by atoms with Gasteiger partial charge in [0.1, 0.15) is 5.82 Å². The number of halogens is 2. The third-order valence-corrected chi connectivity index (χ3v) is 3.91. The highest BCUT2D eigenvalue weighted by Crippen LogP contribution is 2.26. The molecule has 0 aliphatic carbocycles. The molecule has 0 radical (unpaired) electrons. The Hall–Kier alpha value is -1.31. The number of benzene rings is 2. The van der Waals surface area contributed by atoms with Gasteiger partial charge in [0.15, 0.2) is 0 Å². The molecule has 4 heteroatoms. The lowest BCUT2D eigenvalue weighted by molar-refractivity contribution is 0.626. The fourth-order valence-corrected chi connectivity index (χ4v) is 3.01. The van der Waals surface area contributed by atoms with Gasteiger partial charge in [-0.25, -0.2) is 4.39 Å². The lowest BCUT2D eigenvalue weighted by atomic mass is 10.1. The Balaban J connectivity index is 2.15. The van der Waals surface area contributed by atoms with E-state index in [4.69, 9.17) is 5.26 Å². The van der Waals surface area contributed by atoms with Crippen molar-refractivity contribution in [2.75, 3.05) is 0 Å². The minimum absolute atomic E-state index is 0.307. The van der Waals surface area contributed by atoms with Crippen molar-refractivity contribution in [1.29, 1.82) is 5.26 Å². The van der Waals surface area contributed by atoms with Crippen LogP contribution in [0.2, 0.25) is 0 Å². The predicted octanol–water partition coefficient (Wildman–Crippen LogP) is 4.75. The molecule has 0 aliphatic heterocycles. The number of thioether (sulfide) groups is 1. The molecule has 0 aliphatic rings. The SMILES string of the molecule is N#Cc1ccc(F)cc1CSc1cccc(Br)c1. The van der Waals surface area contributed by atoms with E-state index in [1.807, 2.05) is 24.3 Å². The summed E-state index contributed by atoms with van der Waals surface area (Å²) in [5.74, 6) is 0.274. The van der Waals surface area contributed by atoms with Gasteiger partial charge in [-0.15, -0.1) is 11.8 Å². The van der Waals surface area contributed by atoms with Crippen LogP contribution in [0.4, 0.5) is 4.39 Å². The number of nitriles is 1. The normalized spacial score (nSPS) is 10.1. The minimum Gasteiger partial charge on any atom is -0.207 e. The van der Waals surface area contributed by atoms with Crippen LogP contribution >= 0.6 is 27.7 Å². The van der Waals surface area contributed by atoms with Crippen LogP contribution < -0.4 is 0 Å². The molecule has 0 unspecified atom stereocenters. The summed E-state index contributed by atoms with van der Waals surface area (Å²) in [5, 5.41) is 8.96. The van der Waals surface area contributed by atoms with E-state index in [0.29, 0.717) is 11.3 Å². The highest BCUT2D eigenvalue weighted by molar-refractivity contribution is 9.10. The van der Waals surface area contributed by atoms with Crippen molar-refractivity contribution in [2.45, 2.75) is 10.6 Å². The number of hydrogen-bond donors (Lipinski definition) is 0. The van der Waals surface area contributed by atoms with Crippen molar-refractivity contribution >= 4 is 27.7 Å². The lowest BCUT2D eigenvalue weighted by Gasteiger charge is -2.05. The van der Waals surface area contributed by atoms with Gasteiger partial charge < -0.3 is 0 Å². The van der Waals surface area contributed by atoms with Crippen LogP contribution in [0.3, 0.4) is 0 Å². The molecule has 90 valence electrons. The fraction of sp³-hybridized carbons (Fsp3) is 0.0714. The molecule has 0 fully saturated rings. The lowest BCUT2D eigenvalue weighted by Crippen LogP contribution is -1.89. The van der Waals surface area contributed by atoms with Crippen LogP contribution in [0.1, 0.15) is 11.1 Å². The summed E-state index contributed by atoms with van der Waals surface area (Å²) in [5.41, 5.74) is 1.25. The van der Waals surface area contributed by atoms with E-state index in [9.17, 15) is 4.39 Å². The third kappa shape index (κ3) is 3.34. The zero-order valence-corrected chi connectivity index (χ0v) is 11.8. The van der Waals surface area contributed by atoms with E-state index < -0.39 is 0 Å². The van der Waals surface area contributed by atoms with Crippen LogP contribution in [0, 0.1) is 17.1 Å². The number of nitrogens with zero attached hydrogens (tertiary/aromatic N) is 1. The first-order valence-electron chi connectivity index (χ1n) is 5.26. The molecule has 0 spiro atoms. The quantitative estimate of drug-likeness (QED) is 0.761. The first-order valence-corrected chi connectivity index (χ1v) is 7.04. The van der Waals surface area contributed by atoms with Crippen molar-refractivity contribution < 1.29 is 4.39 Å². The molecule has 0 amide bonds. The van der Waals surface area contributed by atoms with E-state index in [2.05, 4.69) is 22.0 Å². The molecule has 2 aromatic rings. The molecule has 2 aromatic carbocycles.